The van der Waals surface area contributed by atoms with Crippen molar-refractivity contribution in [1.82, 2.24) is 4.98 Å². The summed E-state index contributed by atoms with van der Waals surface area (Å²) < 4.78 is 0. The van der Waals surface area contributed by atoms with Crippen LogP contribution in [0.2, 0.25) is 0 Å². The Balaban J connectivity index is 2.37. The number of rotatable bonds is 5. The zero-order valence-electron chi connectivity index (χ0n) is 11.7. The van der Waals surface area contributed by atoms with Crippen LogP contribution in [0, 0.1) is 0 Å². The Morgan fingerprint density at radius 1 is 1.25 bits per heavy atom. The third-order valence-electron chi connectivity index (χ3n) is 3.16. The number of nitrogens with zero attached hydrogens (tertiary/aromatic N) is 2. The summed E-state index contributed by atoms with van der Waals surface area (Å²) in [6.07, 6.45) is 3.13. The first kappa shape index (κ1) is 14.1. The first-order valence-corrected chi connectivity index (χ1v) is 6.57. The van der Waals surface area contributed by atoms with E-state index in [2.05, 4.69) is 4.98 Å². The van der Waals surface area contributed by atoms with Gasteiger partial charge >= 0.3 is 5.97 Å². The molecule has 4 nitrogen and oxygen atoms in total. The molecule has 104 valence electrons. The summed E-state index contributed by atoms with van der Waals surface area (Å²) >= 11 is 0. The molecule has 0 spiro atoms. The SMILES string of the molecule is CC(C)N(Cc1ccccc1)c1cnccc1C(=O)O. The number of pyridine rings is 1. The lowest BCUT2D eigenvalue weighted by Gasteiger charge is -2.30. The van der Waals surface area contributed by atoms with Crippen LogP contribution in [-0.2, 0) is 6.54 Å². The van der Waals surface area contributed by atoms with Gasteiger partial charge in [0.15, 0.2) is 0 Å². The van der Waals surface area contributed by atoms with E-state index >= 15 is 0 Å². The highest BCUT2D eigenvalue weighted by Gasteiger charge is 2.18. The van der Waals surface area contributed by atoms with Crippen LogP contribution < -0.4 is 4.90 Å². The van der Waals surface area contributed by atoms with Crippen molar-refractivity contribution in [3.05, 3.63) is 59.9 Å². The average molecular weight is 270 g/mol. The maximum Gasteiger partial charge on any atom is 0.337 e. The molecule has 0 aliphatic rings. The van der Waals surface area contributed by atoms with Gasteiger partial charge in [-0.2, -0.15) is 0 Å². The van der Waals surface area contributed by atoms with Gasteiger partial charge in [-0.25, -0.2) is 4.79 Å². The first-order valence-electron chi connectivity index (χ1n) is 6.57. The minimum absolute atomic E-state index is 0.178. The molecular formula is C16H18N2O2. The van der Waals surface area contributed by atoms with Crippen LogP contribution >= 0.6 is 0 Å². The highest BCUT2D eigenvalue weighted by Crippen LogP contribution is 2.23. The molecule has 4 heteroatoms. The molecule has 0 radical (unpaired) electrons. The smallest absolute Gasteiger partial charge is 0.337 e. The topological polar surface area (TPSA) is 53.4 Å². The number of aromatic nitrogens is 1. The van der Waals surface area contributed by atoms with Crippen LogP contribution in [0.4, 0.5) is 5.69 Å². The molecule has 0 saturated heterocycles. The van der Waals surface area contributed by atoms with Gasteiger partial charge in [0.1, 0.15) is 0 Å². The number of aromatic carboxylic acids is 1. The van der Waals surface area contributed by atoms with E-state index in [4.69, 9.17) is 0 Å². The van der Waals surface area contributed by atoms with E-state index in [0.29, 0.717) is 12.2 Å². The maximum absolute atomic E-state index is 11.3. The Morgan fingerprint density at radius 2 is 1.95 bits per heavy atom. The van der Waals surface area contributed by atoms with E-state index in [1.807, 2.05) is 49.1 Å². The lowest BCUT2D eigenvalue weighted by molar-refractivity contribution is 0.0697. The molecule has 1 N–H and O–H groups in total. The Bertz CT molecular complexity index is 582. The molecule has 1 heterocycles. The van der Waals surface area contributed by atoms with Gasteiger partial charge < -0.3 is 10.0 Å². The second kappa shape index (κ2) is 6.19. The van der Waals surface area contributed by atoms with Crippen molar-refractivity contribution in [1.29, 1.82) is 0 Å². The van der Waals surface area contributed by atoms with Gasteiger partial charge in [0.05, 0.1) is 17.4 Å². The Labute approximate surface area is 118 Å². The van der Waals surface area contributed by atoms with Gasteiger partial charge in [0.2, 0.25) is 0 Å². The summed E-state index contributed by atoms with van der Waals surface area (Å²) in [6.45, 7) is 4.74. The molecule has 0 saturated carbocycles. The summed E-state index contributed by atoms with van der Waals surface area (Å²) in [5.74, 6) is -0.930. The van der Waals surface area contributed by atoms with Crippen LogP contribution in [0.1, 0.15) is 29.8 Å². The molecule has 0 aliphatic carbocycles. The summed E-state index contributed by atoms with van der Waals surface area (Å²) in [5, 5.41) is 9.31. The Kier molecular flexibility index (Phi) is 4.35. The lowest BCUT2D eigenvalue weighted by atomic mass is 10.1. The predicted octanol–water partition coefficient (Wildman–Crippen LogP) is 3.19. The van der Waals surface area contributed by atoms with E-state index in [1.165, 1.54) is 12.3 Å². The predicted molar refractivity (Wildman–Crippen MR) is 79.0 cm³/mol. The quantitative estimate of drug-likeness (QED) is 0.906. The molecule has 20 heavy (non-hydrogen) atoms. The van der Waals surface area contributed by atoms with Crippen LogP contribution in [0.25, 0.3) is 0 Å². The van der Waals surface area contributed by atoms with E-state index in [-0.39, 0.29) is 11.6 Å². The van der Waals surface area contributed by atoms with E-state index in [0.717, 1.165) is 5.56 Å². The van der Waals surface area contributed by atoms with Crippen molar-refractivity contribution in [3.8, 4) is 0 Å². The number of anilines is 1. The molecule has 0 unspecified atom stereocenters. The Morgan fingerprint density at radius 3 is 2.55 bits per heavy atom. The molecule has 0 fully saturated rings. The van der Waals surface area contributed by atoms with Gasteiger partial charge in [-0.1, -0.05) is 30.3 Å². The number of benzene rings is 1. The van der Waals surface area contributed by atoms with Crippen LogP contribution in [-0.4, -0.2) is 22.1 Å². The van der Waals surface area contributed by atoms with Crippen LogP contribution in [0.3, 0.4) is 0 Å². The van der Waals surface area contributed by atoms with Crippen molar-refractivity contribution >= 4 is 11.7 Å². The fourth-order valence-corrected chi connectivity index (χ4v) is 2.12. The number of hydrogen-bond acceptors (Lipinski definition) is 3. The monoisotopic (exact) mass is 270 g/mol. The number of hydrogen-bond donors (Lipinski definition) is 1. The van der Waals surface area contributed by atoms with Crippen LogP contribution in [0.5, 0.6) is 0 Å². The number of carboxylic acids is 1. The van der Waals surface area contributed by atoms with Gasteiger partial charge in [0, 0.05) is 18.8 Å². The molecule has 1 aromatic carbocycles. The summed E-state index contributed by atoms with van der Waals surface area (Å²) in [7, 11) is 0. The first-order chi connectivity index (χ1) is 9.59. The van der Waals surface area contributed by atoms with Gasteiger partial charge in [-0.3, -0.25) is 4.98 Å². The van der Waals surface area contributed by atoms with E-state index < -0.39 is 5.97 Å². The number of carboxylic acid groups (broad SMARTS) is 1. The van der Waals surface area contributed by atoms with Gasteiger partial charge in [-0.15, -0.1) is 0 Å². The summed E-state index contributed by atoms with van der Waals surface area (Å²) in [6, 6.07) is 11.7. The highest BCUT2D eigenvalue weighted by molar-refractivity contribution is 5.94. The molecule has 0 bridgehead atoms. The average Bonchev–Trinajstić information content (AvgIpc) is 2.45. The third-order valence-corrected chi connectivity index (χ3v) is 3.16. The molecule has 0 atom stereocenters. The molecule has 0 amide bonds. The van der Waals surface area contributed by atoms with Crippen molar-refractivity contribution in [2.45, 2.75) is 26.4 Å². The standard InChI is InChI=1S/C16H18N2O2/c1-12(2)18(11-13-6-4-3-5-7-13)15-10-17-9-8-14(15)16(19)20/h3-10,12H,11H2,1-2H3,(H,19,20). The Hall–Kier alpha value is -2.36. The van der Waals surface area contributed by atoms with Crippen molar-refractivity contribution in [2.24, 2.45) is 0 Å². The summed E-state index contributed by atoms with van der Waals surface area (Å²) in [4.78, 5) is 17.5. The lowest BCUT2D eigenvalue weighted by Crippen LogP contribution is -2.31. The van der Waals surface area contributed by atoms with Crippen molar-refractivity contribution in [3.63, 3.8) is 0 Å². The summed E-state index contributed by atoms with van der Waals surface area (Å²) in [5.41, 5.74) is 2.07. The second-order valence-electron chi connectivity index (χ2n) is 4.91. The molecule has 1 aromatic heterocycles. The fourth-order valence-electron chi connectivity index (χ4n) is 2.12. The molecule has 2 aromatic rings. The van der Waals surface area contributed by atoms with E-state index in [9.17, 15) is 9.90 Å². The zero-order valence-corrected chi connectivity index (χ0v) is 11.7. The zero-order chi connectivity index (χ0) is 14.5. The number of carbonyl (C=O) groups is 1. The minimum atomic E-state index is -0.930. The normalized spacial score (nSPS) is 10.6. The molecule has 2 rings (SSSR count). The maximum atomic E-state index is 11.3. The third kappa shape index (κ3) is 3.15. The minimum Gasteiger partial charge on any atom is -0.478 e. The fraction of sp³-hybridized carbons (Fsp3) is 0.250. The van der Waals surface area contributed by atoms with E-state index in [1.54, 1.807) is 6.20 Å². The highest BCUT2D eigenvalue weighted by atomic mass is 16.4. The molecular weight excluding hydrogens is 252 g/mol. The largest absolute Gasteiger partial charge is 0.478 e. The van der Waals surface area contributed by atoms with Crippen molar-refractivity contribution in [2.75, 3.05) is 4.90 Å². The van der Waals surface area contributed by atoms with Crippen molar-refractivity contribution < 1.29 is 9.90 Å². The molecule has 0 aliphatic heterocycles. The second-order valence-corrected chi connectivity index (χ2v) is 4.91. The van der Waals surface area contributed by atoms with Crippen LogP contribution in [0.15, 0.2) is 48.8 Å². The van der Waals surface area contributed by atoms with Gasteiger partial charge in [-0.05, 0) is 25.5 Å². The van der Waals surface area contributed by atoms with Gasteiger partial charge in [0.25, 0.3) is 0 Å².